The van der Waals surface area contributed by atoms with E-state index in [0.29, 0.717) is 11.3 Å². The number of benzene rings is 1. The van der Waals surface area contributed by atoms with Crippen LogP contribution in [-0.4, -0.2) is 37.5 Å². The first-order chi connectivity index (χ1) is 13.5. The molecular formula is C20H23N3O5. The highest BCUT2D eigenvalue weighted by molar-refractivity contribution is 5.96. The number of hydrazine groups is 1. The van der Waals surface area contributed by atoms with Crippen molar-refractivity contribution in [2.24, 2.45) is 0 Å². The molecule has 1 aromatic heterocycles. The molecule has 2 N–H and O–H groups in total. The quantitative estimate of drug-likeness (QED) is 0.410. The highest BCUT2D eigenvalue weighted by Gasteiger charge is 2.10. The molecule has 0 atom stereocenters. The summed E-state index contributed by atoms with van der Waals surface area (Å²) in [5.74, 6) is -1.35. The average Bonchev–Trinajstić information content (AvgIpc) is 3.24. The Bertz CT molecular complexity index is 809. The van der Waals surface area contributed by atoms with Crippen LogP contribution in [0.1, 0.15) is 30.0 Å². The molecule has 0 saturated carbocycles. The molecule has 1 aromatic carbocycles. The Morgan fingerprint density at radius 2 is 1.79 bits per heavy atom. The Morgan fingerprint density at radius 1 is 1.07 bits per heavy atom. The number of furan rings is 1. The van der Waals surface area contributed by atoms with E-state index in [1.54, 1.807) is 24.3 Å². The predicted octanol–water partition coefficient (Wildman–Crippen LogP) is 2.14. The Labute approximate surface area is 163 Å². The van der Waals surface area contributed by atoms with E-state index in [4.69, 9.17) is 9.15 Å². The smallest absolute Gasteiger partial charge is 0.331 e. The number of rotatable bonds is 8. The molecule has 0 aliphatic rings. The lowest BCUT2D eigenvalue weighted by atomic mass is 10.2. The van der Waals surface area contributed by atoms with E-state index in [0.717, 1.165) is 24.9 Å². The molecule has 8 heteroatoms. The van der Waals surface area contributed by atoms with Gasteiger partial charge in [0.2, 0.25) is 0 Å². The van der Waals surface area contributed by atoms with E-state index in [9.17, 15) is 14.4 Å². The van der Waals surface area contributed by atoms with Crippen LogP contribution in [0.25, 0.3) is 6.08 Å². The van der Waals surface area contributed by atoms with Crippen molar-refractivity contribution in [2.75, 3.05) is 24.6 Å². The molecule has 148 valence electrons. The van der Waals surface area contributed by atoms with Gasteiger partial charge in [0.25, 0.3) is 11.8 Å². The first-order valence-electron chi connectivity index (χ1n) is 8.86. The molecule has 0 aliphatic heterocycles. The second kappa shape index (κ2) is 10.6. The van der Waals surface area contributed by atoms with E-state index < -0.39 is 24.4 Å². The van der Waals surface area contributed by atoms with Crippen molar-refractivity contribution in [3.8, 4) is 0 Å². The van der Waals surface area contributed by atoms with Gasteiger partial charge in [-0.25, -0.2) is 4.79 Å². The Hall–Kier alpha value is -3.55. The number of esters is 1. The van der Waals surface area contributed by atoms with Gasteiger partial charge in [0.1, 0.15) is 5.76 Å². The average molecular weight is 385 g/mol. The number of hydrogen-bond donors (Lipinski definition) is 2. The number of ether oxygens (including phenoxy) is 1. The van der Waals surface area contributed by atoms with Gasteiger partial charge < -0.3 is 14.1 Å². The molecule has 0 saturated heterocycles. The Morgan fingerprint density at radius 3 is 2.39 bits per heavy atom. The Balaban J connectivity index is 1.74. The van der Waals surface area contributed by atoms with Crippen LogP contribution >= 0.6 is 0 Å². The second-order valence-corrected chi connectivity index (χ2v) is 5.68. The maximum Gasteiger partial charge on any atom is 0.331 e. The summed E-state index contributed by atoms with van der Waals surface area (Å²) in [6.45, 7) is 5.32. The van der Waals surface area contributed by atoms with Crippen molar-refractivity contribution in [2.45, 2.75) is 13.8 Å². The normalized spacial score (nSPS) is 10.5. The highest BCUT2D eigenvalue weighted by Crippen LogP contribution is 2.14. The largest absolute Gasteiger partial charge is 0.465 e. The van der Waals surface area contributed by atoms with Gasteiger partial charge in [0.05, 0.1) is 6.26 Å². The van der Waals surface area contributed by atoms with Gasteiger partial charge in [-0.05, 0) is 56.3 Å². The molecular weight excluding hydrogens is 362 g/mol. The van der Waals surface area contributed by atoms with Gasteiger partial charge in [-0.3, -0.25) is 20.4 Å². The topological polar surface area (TPSA) is 101 Å². The van der Waals surface area contributed by atoms with E-state index in [2.05, 4.69) is 29.6 Å². The minimum atomic E-state index is -0.704. The number of anilines is 1. The summed E-state index contributed by atoms with van der Waals surface area (Å²) in [5, 5.41) is 0. The van der Waals surface area contributed by atoms with Crippen molar-refractivity contribution in [1.29, 1.82) is 0 Å². The van der Waals surface area contributed by atoms with Crippen LogP contribution in [0.3, 0.4) is 0 Å². The van der Waals surface area contributed by atoms with Crippen molar-refractivity contribution in [3.05, 3.63) is 60.1 Å². The van der Waals surface area contributed by atoms with Crippen LogP contribution in [0.5, 0.6) is 0 Å². The van der Waals surface area contributed by atoms with Gasteiger partial charge in [-0.1, -0.05) is 0 Å². The number of nitrogens with one attached hydrogen (secondary N) is 2. The lowest BCUT2D eigenvalue weighted by molar-refractivity contribution is -0.144. The molecule has 0 aliphatic carbocycles. The van der Waals surface area contributed by atoms with Crippen LogP contribution in [0, 0.1) is 0 Å². The molecule has 2 aromatic rings. The lowest BCUT2D eigenvalue weighted by Crippen LogP contribution is -2.43. The van der Waals surface area contributed by atoms with Crippen LogP contribution < -0.4 is 15.8 Å². The summed E-state index contributed by atoms with van der Waals surface area (Å²) >= 11 is 0. The summed E-state index contributed by atoms with van der Waals surface area (Å²) in [7, 11) is 0. The van der Waals surface area contributed by atoms with E-state index in [1.807, 2.05) is 12.1 Å². The zero-order chi connectivity index (χ0) is 20.4. The molecule has 0 fully saturated rings. The number of hydrogen-bond acceptors (Lipinski definition) is 6. The van der Waals surface area contributed by atoms with Crippen LogP contribution in [0.15, 0.2) is 53.2 Å². The van der Waals surface area contributed by atoms with Gasteiger partial charge in [0, 0.05) is 30.4 Å². The van der Waals surface area contributed by atoms with Gasteiger partial charge in [-0.15, -0.1) is 0 Å². The first-order valence-corrected chi connectivity index (χ1v) is 8.86. The van der Waals surface area contributed by atoms with E-state index in [-0.39, 0.29) is 0 Å². The van der Waals surface area contributed by atoms with Crippen molar-refractivity contribution in [1.82, 2.24) is 10.9 Å². The maximum absolute atomic E-state index is 12.1. The minimum Gasteiger partial charge on any atom is -0.465 e. The number of carbonyl (C=O) groups excluding carboxylic acids is 3. The fourth-order valence-corrected chi connectivity index (χ4v) is 2.37. The predicted molar refractivity (Wildman–Crippen MR) is 104 cm³/mol. The molecule has 0 unspecified atom stereocenters. The van der Waals surface area contributed by atoms with E-state index in [1.165, 1.54) is 12.3 Å². The molecule has 0 spiro atoms. The third kappa shape index (κ3) is 6.31. The SMILES string of the molecule is CCN(CC)c1ccc(C(=O)NNC(=O)COC(=O)/C=C/c2ccco2)cc1. The van der Waals surface area contributed by atoms with Gasteiger partial charge in [0.15, 0.2) is 6.61 Å². The molecule has 2 rings (SSSR count). The maximum atomic E-state index is 12.1. The Kier molecular flexibility index (Phi) is 7.83. The molecule has 2 amide bonds. The first kappa shape index (κ1) is 20.8. The molecule has 1 heterocycles. The fraction of sp³-hybridized carbons (Fsp3) is 0.250. The van der Waals surface area contributed by atoms with Crippen molar-refractivity contribution in [3.63, 3.8) is 0 Å². The number of amides is 2. The standard InChI is InChI=1S/C20H23N3O5/c1-3-23(4-2)16-9-7-15(8-10-16)20(26)22-21-18(24)14-28-19(25)12-11-17-6-5-13-27-17/h5-13H,3-4,14H2,1-2H3,(H,21,24)(H,22,26)/b12-11+. The van der Waals surface area contributed by atoms with Crippen molar-refractivity contribution < 1.29 is 23.5 Å². The second-order valence-electron chi connectivity index (χ2n) is 5.68. The van der Waals surface area contributed by atoms with Crippen molar-refractivity contribution >= 4 is 29.5 Å². The fourth-order valence-electron chi connectivity index (χ4n) is 2.37. The minimum absolute atomic E-state index is 0.398. The summed E-state index contributed by atoms with van der Waals surface area (Å²) in [4.78, 5) is 37.4. The summed E-state index contributed by atoms with van der Waals surface area (Å²) in [6.07, 6.45) is 4.03. The van der Waals surface area contributed by atoms with Gasteiger partial charge >= 0.3 is 5.97 Å². The van der Waals surface area contributed by atoms with Crippen LogP contribution in [-0.2, 0) is 14.3 Å². The summed E-state index contributed by atoms with van der Waals surface area (Å²) < 4.78 is 9.80. The lowest BCUT2D eigenvalue weighted by Gasteiger charge is -2.21. The van der Waals surface area contributed by atoms with E-state index >= 15 is 0 Å². The molecule has 28 heavy (non-hydrogen) atoms. The number of carbonyl (C=O) groups is 3. The summed E-state index contributed by atoms with van der Waals surface area (Å²) in [6, 6.07) is 10.4. The molecule has 8 nitrogen and oxygen atoms in total. The highest BCUT2D eigenvalue weighted by atomic mass is 16.5. The number of nitrogens with zero attached hydrogens (tertiary/aromatic N) is 1. The van der Waals surface area contributed by atoms with Gasteiger partial charge in [-0.2, -0.15) is 0 Å². The molecule has 0 radical (unpaired) electrons. The zero-order valence-electron chi connectivity index (χ0n) is 15.8. The third-order valence-corrected chi connectivity index (χ3v) is 3.85. The monoisotopic (exact) mass is 385 g/mol. The zero-order valence-corrected chi connectivity index (χ0v) is 15.8. The summed E-state index contributed by atoms with van der Waals surface area (Å²) in [5.41, 5.74) is 5.89. The van der Waals surface area contributed by atoms with Crippen LogP contribution in [0.2, 0.25) is 0 Å². The van der Waals surface area contributed by atoms with Crippen LogP contribution in [0.4, 0.5) is 5.69 Å². The molecule has 0 bridgehead atoms. The third-order valence-electron chi connectivity index (χ3n) is 3.85.